The number of thioether (sulfide) groups is 1. The minimum Gasteiger partial charge on any atom is -0.397 e. The van der Waals surface area contributed by atoms with Crippen LogP contribution in [0.25, 0.3) is 0 Å². The largest absolute Gasteiger partial charge is 0.397 e. The fourth-order valence-corrected chi connectivity index (χ4v) is 2.18. The number of hydrogen-bond acceptors (Lipinski definition) is 3. The van der Waals surface area contributed by atoms with Crippen LogP contribution in [0.15, 0.2) is 17.3 Å². The molecule has 0 aromatic carbocycles. The summed E-state index contributed by atoms with van der Waals surface area (Å²) in [6, 6.07) is 0. The van der Waals surface area contributed by atoms with Crippen molar-refractivity contribution in [3.8, 4) is 0 Å². The van der Waals surface area contributed by atoms with Crippen molar-refractivity contribution >= 4 is 29.1 Å². The quantitative estimate of drug-likeness (QED) is 0.809. The molecule has 1 aromatic rings. The van der Waals surface area contributed by atoms with Crippen LogP contribution < -0.4 is 5.73 Å². The van der Waals surface area contributed by atoms with Gasteiger partial charge >= 0.3 is 0 Å². The molecule has 0 saturated carbocycles. The maximum atomic E-state index is 6.01. The van der Waals surface area contributed by atoms with Gasteiger partial charge in [0.1, 0.15) is 0 Å². The van der Waals surface area contributed by atoms with Crippen LogP contribution in [0.1, 0.15) is 20.8 Å². The Bertz CT molecular complexity index is 295. The summed E-state index contributed by atoms with van der Waals surface area (Å²) in [6.45, 7) is 6.54. The van der Waals surface area contributed by atoms with Crippen LogP contribution in [0.4, 0.5) is 5.69 Å². The lowest BCUT2D eigenvalue weighted by molar-refractivity contribution is 0.642. The van der Waals surface area contributed by atoms with Gasteiger partial charge in [-0.05, 0) is 5.92 Å². The molecule has 1 aromatic heterocycles. The number of aromatic nitrogens is 1. The molecule has 78 valence electrons. The number of rotatable bonds is 3. The van der Waals surface area contributed by atoms with E-state index in [9.17, 15) is 0 Å². The van der Waals surface area contributed by atoms with Crippen LogP contribution in [0, 0.1) is 5.92 Å². The van der Waals surface area contributed by atoms with E-state index in [2.05, 4.69) is 25.8 Å². The molecular weight excluding hydrogens is 216 g/mol. The van der Waals surface area contributed by atoms with E-state index in [0.717, 1.165) is 4.90 Å². The summed E-state index contributed by atoms with van der Waals surface area (Å²) in [5, 5.41) is 1.14. The summed E-state index contributed by atoms with van der Waals surface area (Å²) >= 11 is 7.72. The zero-order chi connectivity index (χ0) is 10.7. The van der Waals surface area contributed by atoms with Crippen LogP contribution in [0.3, 0.4) is 0 Å². The van der Waals surface area contributed by atoms with Gasteiger partial charge in [-0.1, -0.05) is 32.4 Å². The van der Waals surface area contributed by atoms with Crippen LogP contribution in [0.5, 0.6) is 0 Å². The Morgan fingerprint density at radius 3 is 2.50 bits per heavy atom. The Hall–Kier alpha value is -0.410. The third-order valence-corrected chi connectivity index (χ3v) is 4.13. The first-order valence-corrected chi connectivity index (χ1v) is 5.83. The molecule has 4 heteroatoms. The Balaban J connectivity index is 2.85. The molecule has 2 N–H and O–H groups in total. The number of halogens is 1. The third-order valence-electron chi connectivity index (χ3n) is 2.12. The molecule has 1 heterocycles. The molecule has 1 rings (SSSR count). The smallest absolute Gasteiger partial charge is 0.0746 e. The fraction of sp³-hybridized carbons (Fsp3) is 0.500. The third kappa shape index (κ3) is 2.79. The normalized spacial score (nSPS) is 13.2. The first-order chi connectivity index (χ1) is 6.52. The van der Waals surface area contributed by atoms with Crippen molar-refractivity contribution in [2.24, 2.45) is 5.92 Å². The molecule has 1 unspecified atom stereocenters. The molecule has 0 fully saturated rings. The van der Waals surface area contributed by atoms with Gasteiger partial charge in [-0.25, -0.2) is 0 Å². The summed E-state index contributed by atoms with van der Waals surface area (Å²) in [5.74, 6) is 0.601. The summed E-state index contributed by atoms with van der Waals surface area (Å²) < 4.78 is 0. The average molecular weight is 231 g/mol. The minimum absolute atomic E-state index is 0.497. The van der Waals surface area contributed by atoms with E-state index in [1.54, 1.807) is 24.2 Å². The summed E-state index contributed by atoms with van der Waals surface area (Å²) in [7, 11) is 0. The van der Waals surface area contributed by atoms with E-state index in [1.807, 2.05) is 0 Å². The van der Waals surface area contributed by atoms with Crippen LogP contribution >= 0.6 is 23.4 Å². The Kier molecular flexibility index (Phi) is 4.08. The average Bonchev–Trinajstić information content (AvgIpc) is 2.11. The monoisotopic (exact) mass is 230 g/mol. The highest BCUT2D eigenvalue weighted by atomic mass is 35.5. The SMILES string of the molecule is CC(C)C(C)Sc1c(N)cncc1Cl. The van der Waals surface area contributed by atoms with E-state index in [1.165, 1.54) is 0 Å². The van der Waals surface area contributed by atoms with Crippen LogP contribution in [-0.2, 0) is 0 Å². The maximum Gasteiger partial charge on any atom is 0.0746 e. The van der Waals surface area contributed by atoms with Crippen LogP contribution in [-0.4, -0.2) is 10.2 Å². The number of pyridine rings is 1. The summed E-state index contributed by atoms with van der Waals surface area (Å²) in [4.78, 5) is 4.87. The highest BCUT2D eigenvalue weighted by Crippen LogP contribution is 2.36. The predicted molar refractivity (Wildman–Crippen MR) is 63.8 cm³/mol. The lowest BCUT2D eigenvalue weighted by Crippen LogP contribution is -2.06. The Labute approximate surface area is 94.2 Å². The zero-order valence-corrected chi connectivity index (χ0v) is 10.2. The molecule has 0 radical (unpaired) electrons. The minimum atomic E-state index is 0.497. The Morgan fingerprint density at radius 1 is 1.36 bits per heavy atom. The highest BCUT2D eigenvalue weighted by Gasteiger charge is 2.13. The van der Waals surface area contributed by atoms with Gasteiger partial charge in [-0.3, -0.25) is 4.98 Å². The second-order valence-corrected chi connectivity index (χ2v) is 5.40. The maximum absolute atomic E-state index is 6.01. The molecule has 0 saturated heterocycles. The summed E-state index contributed by atoms with van der Waals surface area (Å²) in [6.07, 6.45) is 3.27. The Morgan fingerprint density at radius 2 is 2.00 bits per heavy atom. The van der Waals surface area contributed by atoms with Gasteiger partial charge in [-0.2, -0.15) is 0 Å². The number of nitrogen functional groups attached to an aromatic ring is 1. The van der Waals surface area contributed by atoms with Gasteiger partial charge in [0.25, 0.3) is 0 Å². The summed E-state index contributed by atoms with van der Waals surface area (Å²) in [5.41, 5.74) is 6.46. The molecule has 0 spiro atoms. The molecule has 0 aliphatic rings. The van der Waals surface area contributed by atoms with Crippen molar-refractivity contribution in [1.82, 2.24) is 4.98 Å². The number of nitrogens with two attached hydrogens (primary N) is 1. The van der Waals surface area contributed by atoms with E-state index in [0.29, 0.717) is 21.9 Å². The zero-order valence-electron chi connectivity index (χ0n) is 8.62. The molecule has 0 aliphatic heterocycles. The predicted octanol–water partition coefficient (Wildman–Crippen LogP) is 3.45. The molecule has 0 aliphatic carbocycles. The second kappa shape index (κ2) is 4.89. The molecular formula is C10H15ClN2S. The topological polar surface area (TPSA) is 38.9 Å². The van der Waals surface area contributed by atoms with Crippen molar-refractivity contribution < 1.29 is 0 Å². The fourth-order valence-electron chi connectivity index (χ4n) is 0.884. The van der Waals surface area contributed by atoms with Gasteiger partial charge in [0.15, 0.2) is 0 Å². The highest BCUT2D eigenvalue weighted by molar-refractivity contribution is 8.00. The van der Waals surface area contributed by atoms with Crippen molar-refractivity contribution in [1.29, 1.82) is 0 Å². The van der Waals surface area contributed by atoms with E-state index in [4.69, 9.17) is 17.3 Å². The molecule has 2 nitrogen and oxygen atoms in total. The lowest BCUT2D eigenvalue weighted by atomic mass is 10.2. The van der Waals surface area contributed by atoms with Crippen molar-refractivity contribution in [2.45, 2.75) is 30.9 Å². The van der Waals surface area contributed by atoms with Crippen molar-refractivity contribution in [2.75, 3.05) is 5.73 Å². The van der Waals surface area contributed by atoms with E-state index < -0.39 is 0 Å². The van der Waals surface area contributed by atoms with Crippen molar-refractivity contribution in [3.63, 3.8) is 0 Å². The first kappa shape index (κ1) is 11.7. The molecule has 1 atom stereocenters. The van der Waals surface area contributed by atoms with E-state index in [-0.39, 0.29) is 0 Å². The van der Waals surface area contributed by atoms with Gasteiger partial charge in [0.2, 0.25) is 0 Å². The van der Waals surface area contributed by atoms with E-state index >= 15 is 0 Å². The number of nitrogens with zero attached hydrogens (tertiary/aromatic N) is 1. The number of anilines is 1. The van der Waals surface area contributed by atoms with Gasteiger partial charge in [0.05, 0.1) is 21.8 Å². The van der Waals surface area contributed by atoms with Gasteiger partial charge in [-0.15, -0.1) is 11.8 Å². The second-order valence-electron chi connectivity index (χ2n) is 3.61. The first-order valence-electron chi connectivity index (χ1n) is 4.58. The molecule has 14 heavy (non-hydrogen) atoms. The van der Waals surface area contributed by atoms with Gasteiger partial charge in [0, 0.05) is 11.4 Å². The van der Waals surface area contributed by atoms with Crippen LogP contribution in [0.2, 0.25) is 5.02 Å². The molecule has 0 bridgehead atoms. The number of hydrogen-bond donors (Lipinski definition) is 1. The standard InChI is InChI=1S/C10H15ClN2S/c1-6(2)7(3)14-10-8(11)4-13-5-9(10)12/h4-7H,12H2,1-3H3. The van der Waals surface area contributed by atoms with Gasteiger partial charge < -0.3 is 5.73 Å². The van der Waals surface area contributed by atoms with Crippen molar-refractivity contribution in [3.05, 3.63) is 17.4 Å². The lowest BCUT2D eigenvalue weighted by Gasteiger charge is -2.16. The molecule has 0 amide bonds.